The average Bonchev–Trinajstić information content (AvgIpc) is 1.63. The maximum absolute atomic E-state index is 11.2. The summed E-state index contributed by atoms with van der Waals surface area (Å²) in [4.78, 5) is 19.7. The number of carbonyl (C=O) groups excluding carboxylic acids is 2. The number of primary amides is 1. The van der Waals surface area contributed by atoms with Gasteiger partial charge in [0.15, 0.2) is 0 Å². The molecule has 0 saturated heterocycles. The molecule has 0 heterocycles. The van der Waals surface area contributed by atoms with Gasteiger partial charge in [-0.15, -0.1) is 0 Å². The Morgan fingerprint density at radius 3 is 2.00 bits per heavy atom. The van der Waals surface area contributed by atoms with Crippen LogP contribution in [0.3, 0.4) is 0 Å². The number of nitrogens with two attached hydrogens (primary N) is 1. The van der Waals surface area contributed by atoms with E-state index in [2.05, 4.69) is 5.73 Å². The predicted octanol–water partition coefficient (Wildman–Crippen LogP) is -0.304. The Labute approximate surface area is 49.8 Å². The lowest BCUT2D eigenvalue weighted by atomic mass is 10.3. The molecule has 2 N–H and O–H groups in total. The quantitative estimate of drug-likeness (QED) is 0.542. The molecule has 0 aliphatic heterocycles. The van der Waals surface area contributed by atoms with Gasteiger partial charge in [0.05, 0.1) is 6.42 Å². The predicted molar refractivity (Wildman–Crippen MR) is 24.8 cm³/mol. The van der Waals surface area contributed by atoms with Gasteiger partial charge in [-0.3, -0.25) is 9.59 Å². The van der Waals surface area contributed by atoms with Crippen LogP contribution in [0.5, 0.6) is 0 Å². The first-order valence-electron chi connectivity index (χ1n) is 2.13. The smallest absolute Gasteiger partial charge is 0.296 e. The Bertz CT molecular complexity index is 135. The summed E-state index contributed by atoms with van der Waals surface area (Å²) < 4.78 is 22.5. The fraction of sp³-hybridized carbons (Fsp3) is 0.500. The first-order chi connectivity index (χ1) is 4.04. The van der Waals surface area contributed by atoms with Crippen molar-refractivity contribution in [2.75, 3.05) is 0 Å². The maximum Gasteiger partial charge on any atom is 0.296 e. The highest BCUT2D eigenvalue weighted by Gasteiger charge is 2.16. The Morgan fingerprint density at radius 2 is 1.89 bits per heavy atom. The largest absolute Gasteiger partial charge is 0.369 e. The van der Waals surface area contributed by atoms with Crippen LogP contribution in [0.1, 0.15) is 6.42 Å². The second-order valence-corrected chi connectivity index (χ2v) is 1.41. The van der Waals surface area contributed by atoms with Gasteiger partial charge in [-0.25, -0.2) is 8.78 Å². The normalized spacial score (nSPS) is 9.67. The molecule has 0 fully saturated rings. The first kappa shape index (κ1) is 8.00. The summed E-state index contributed by atoms with van der Waals surface area (Å²) in [5, 5.41) is 0. The van der Waals surface area contributed by atoms with Crippen LogP contribution in [0, 0.1) is 0 Å². The molecule has 52 valence electrons. The summed E-state index contributed by atoms with van der Waals surface area (Å²) in [5.74, 6) is -2.46. The highest BCUT2D eigenvalue weighted by Crippen LogP contribution is 1.96. The summed E-state index contributed by atoms with van der Waals surface area (Å²) in [6, 6.07) is 0. The maximum atomic E-state index is 11.2. The highest BCUT2D eigenvalue weighted by molar-refractivity contribution is 5.98. The van der Waals surface area contributed by atoms with Gasteiger partial charge in [0, 0.05) is 0 Å². The SMILES string of the molecule is NC(=O)CC(=O)C(F)F. The third kappa shape index (κ3) is 3.57. The molecule has 0 unspecified atom stereocenters. The third-order valence-electron chi connectivity index (χ3n) is 0.592. The molecule has 3 nitrogen and oxygen atoms in total. The Kier molecular flexibility index (Phi) is 2.77. The van der Waals surface area contributed by atoms with E-state index in [1.807, 2.05) is 0 Å². The van der Waals surface area contributed by atoms with E-state index in [1.165, 1.54) is 0 Å². The molecule has 0 rings (SSSR count). The minimum absolute atomic E-state index is 0.877. The molecule has 0 radical (unpaired) electrons. The summed E-state index contributed by atoms with van der Waals surface area (Å²) >= 11 is 0. The Morgan fingerprint density at radius 1 is 1.44 bits per heavy atom. The summed E-state index contributed by atoms with van der Waals surface area (Å²) in [7, 11) is 0. The number of alkyl halides is 2. The van der Waals surface area contributed by atoms with Crippen molar-refractivity contribution in [3.8, 4) is 0 Å². The monoisotopic (exact) mass is 137 g/mol. The van der Waals surface area contributed by atoms with E-state index >= 15 is 0 Å². The number of hydrogen-bond donors (Lipinski definition) is 1. The molecular formula is C4H5F2NO2. The van der Waals surface area contributed by atoms with Crippen molar-refractivity contribution >= 4 is 11.7 Å². The van der Waals surface area contributed by atoms with Gasteiger partial charge < -0.3 is 5.73 Å². The van der Waals surface area contributed by atoms with Crippen molar-refractivity contribution in [2.45, 2.75) is 12.8 Å². The highest BCUT2D eigenvalue weighted by atomic mass is 19.3. The lowest BCUT2D eigenvalue weighted by Gasteiger charge is -1.91. The first-order valence-corrected chi connectivity index (χ1v) is 2.13. The van der Waals surface area contributed by atoms with Crippen LogP contribution >= 0.6 is 0 Å². The molecule has 0 aromatic rings. The lowest BCUT2D eigenvalue weighted by Crippen LogP contribution is -2.20. The van der Waals surface area contributed by atoms with E-state index in [-0.39, 0.29) is 0 Å². The molecule has 0 aliphatic rings. The van der Waals surface area contributed by atoms with Crippen LogP contribution in [-0.4, -0.2) is 18.1 Å². The van der Waals surface area contributed by atoms with Crippen molar-refractivity contribution in [3.63, 3.8) is 0 Å². The van der Waals surface area contributed by atoms with E-state index in [0.717, 1.165) is 0 Å². The number of hydrogen-bond acceptors (Lipinski definition) is 2. The van der Waals surface area contributed by atoms with Crippen LogP contribution < -0.4 is 5.73 Å². The molecular weight excluding hydrogens is 132 g/mol. The van der Waals surface area contributed by atoms with Crippen molar-refractivity contribution in [1.29, 1.82) is 0 Å². The van der Waals surface area contributed by atoms with E-state index in [1.54, 1.807) is 0 Å². The number of amides is 1. The third-order valence-corrected chi connectivity index (χ3v) is 0.592. The molecule has 0 aromatic heterocycles. The van der Waals surface area contributed by atoms with Crippen molar-refractivity contribution in [1.82, 2.24) is 0 Å². The van der Waals surface area contributed by atoms with Crippen molar-refractivity contribution < 1.29 is 18.4 Å². The molecule has 0 bridgehead atoms. The fourth-order valence-corrected chi connectivity index (χ4v) is 0.249. The summed E-state index contributed by atoms with van der Waals surface area (Å²) in [6.45, 7) is 0. The molecule has 0 saturated carbocycles. The van der Waals surface area contributed by atoms with Gasteiger partial charge >= 0.3 is 0 Å². The molecule has 0 aromatic carbocycles. The van der Waals surface area contributed by atoms with E-state index in [0.29, 0.717) is 0 Å². The Hall–Kier alpha value is -1.00. The lowest BCUT2D eigenvalue weighted by molar-refractivity contribution is -0.133. The number of halogens is 2. The fourth-order valence-electron chi connectivity index (χ4n) is 0.249. The zero-order chi connectivity index (χ0) is 7.44. The summed E-state index contributed by atoms with van der Waals surface area (Å²) in [6.07, 6.45) is -3.96. The zero-order valence-corrected chi connectivity index (χ0v) is 4.43. The van der Waals surface area contributed by atoms with Crippen LogP contribution in [0.2, 0.25) is 0 Å². The number of Topliss-reactive ketones (excluding diaryl/α,β-unsaturated/α-hetero) is 1. The molecule has 1 amide bonds. The van der Waals surface area contributed by atoms with E-state index in [9.17, 15) is 18.4 Å². The van der Waals surface area contributed by atoms with Gasteiger partial charge in [0.1, 0.15) is 0 Å². The van der Waals surface area contributed by atoms with Gasteiger partial charge in [0.25, 0.3) is 6.43 Å². The zero-order valence-electron chi connectivity index (χ0n) is 4.43. The van der Waals surface area contributed by atoms with Crippen LogP contribution in [0.25, 0.3) is 0 Å². The van der Waals surface area contributed by atoms with Gasteiger partial charge in [-0.1, -0.05) is 0 Å². The van der Waals surface area contributed by atoms with Gasteiger partial charge in [-0.05, 0) is 0 Å². The molecule has 5 heteroatoms. The molecule has 0 aliphatic carbocycles. The second kappa shape index (κ2) is 3.11. The second-order valence-electron chi connectivity index (χ2n) is 1.41. The van der Waals surface area contributed by atoms with Gasteiger partial charge in [0.2, 0.25) is 11.7 Å². The van der Waals surface area contributed by atoms with Crippen molar-refractivity contribution in [3.05, 3.63) is 0 Å². The molecule has 9 heavy (non-hydrogen) atoms. The van der Waals surface area contributed by atoms with Crippen LogP contribution in [0.15, 0.2) is 0 Å². The average molecular weight is 137 g/mol. The number of ketones is 1. The number of rotatable bonds is 3. The van der Waals surface area contributed by atoms with E-state index in [4.69, 9.17) is 0 Å². The van der Waals surface area contributed by atoms with Gasteiger partial charge in [-0.2, -0.15) is 0 Å². The number of carbonyl (C=O) groups is 2. The van der Waals surface area contributed by atoms with Crippen molar-refractivity contribution in [2.24, 2.45) is 5.73 Å². The standard InChI is InChI=1S/C4H5F2NO2/c5-4(6)2(8)1-3(7)9/h4H,1H2,(H2,7,9). The topological polar surface area (TPSA) is 60.2 Å². The minimum atomic E-state index is -3.09. The minimum Gasteiger partial charge on any atom is -0.369 e. The molecule has 0 spiro atoms. The summed E-state index contributed by atoms with van der Waals surface area (Å²) in [5.41, 5.74) is 4.44. The Balaban J connectivity index is 3.64. The van der Waals surface area contributed by atoms with Crippen LogP contribution in [0.4, 0.5) is 8.78 Å². The van der Waals surface area contributed by atoms with E-state index < -0.39 is 24.5 Å². The van der Waals surface area contributed by atoms with Crippen LogP contribution in [-0.2, 0) is 9.59 Å². The molecule has 0 atom stereocenters.